The smallest absolute Gasteiger partial charge is 0.257 e. The summed E-state index contributed by atoms with van der Waals surface area (Å²) in [6.07, 6.45) is 2.59. The summed E-state index contributed by atoms with van der Waals surface area (Å²) in [5.41, 5.74) is 1.70. The molecule has 1 aromatic heterocycles. The molecule has 1 saturated heterocycles. The second-order valence-electron chi connectivity index (χ2n) is 7.66. The quantitative estimate of drug-likeness (QED) is 0.855. The largest absolute Gasteiger partial charge is 0.372 e. The first kappa shape index (κ1) is 20.3. The third-order valence-corrected chi connectivity index (χ3v) is 5.38. The lowest BCUT2D eigenvalue weighted by atomic mass is 10.0. The zero-order valence-electron chi connectivity index (χ0n) is 16.9. The minimum absolute atomic E-state index is 0.0201. The van der Waals surface area contributed by atoms with E-state index < -0.39 is 0 Å². The van der Waals surface area contributed by atoms with E-state index in [0.717, 1.165) is 31.6 Å². The van der Waals surface area contributed by atoms with E-state index in [0.29, 0.717) is 23.8 Å². The van der Waals surface area contributed by atoms with Gasteiger partial charge in [-0.25, -0.2) is 9.37 Å². The molecule has 0 saturated carbocycles. The van der Waals surface area contributed by atoms with E-state index in [1.165, 1.54) is 12.1 Å². The Hall–Kier alpha value is -2.47. The fourth-order valence-corrected chi connectivity index (χ4v) is 3.85. The van der Waals surface area contributed by atoms with Crippen LogP contribution in [0.25, 0.3) is 0 Å². The zero-order valence-corrected chi connectivity index (χ0v) is 16.9. The van der Waals surface area contributed by atoms with Crippen LogP contribution in [0.4, 0.5) is 10.2 Å². The van der Waals surface area contributed by atoms with Crippen LogP contribution >= 0.6 is 0 Å². The van der Waals surface area contributed by atoms with Gasteiger partial charge in [-0.2, -0.15) is 0 Å². The number of hydrogen-bond donors (Lipinski definition) is 1. The molecule has 0 radical (unpaired) electrons. The van der Waals surface area contributed by atoms with Crippen LogP contribution in [0.2, 0.25) is 0 Å². The Morgan fingerprint density at radius 3 is 2.68 bits per heavy atom. The van der Waals surface area contributed by atoms with Crippen LogP contribution in [-0.4, -0.2) is 53.4 Å². The van der Waals surface area contributed by atoms with Crippen molar-refractivity contribution in [2.75, 3.05) is 32.0 Å². The van der Waals surface area contributed by atoms with Crippen molar-refractivity contribution in [1.29, 1.82) is 0 Å². The van der Waals surface area contributed by atoms with Gasteiger partial charge >= 0.3 is 0 Å². The molecule has 2 heterocycles. The lowest BCUT2D eigenvalue weighted by Crippen LogP contribution is -2.45. The van der Waals surface area contributed by atoms with Gasteiger partial charge in [0.2, 0.25) is 0 Å². The van der Waals surface area contributed by atoms with Gasteiger partial charge < -0.3 is 10.2 Å². The van der Waals surface area contributed by atoms with Crippen molar-refractivity contribution in [3.8, 4) is 0 Å². The molecule has 1 aromatic carbocycles. The Kier molecular flexibility index (Phi) is 6.62. The van der Waals surface area contributed by atoms with Crippen molar-refractivity contribution in [2.45, 2.75) is 32.9 Å². The van der Waals surface area contributed by atoms with Crippen LogP contribution in [0, 0.1) is 11.7 Å². The summed E-state index contributed by atoms with van der Waals surface area (Å²) in [5.74, 6) is 0.813. The van der Waals surface area contributed by atoms with Crippen molar-refractivity contribution < 1.29 is 9.18 Å². The number of halogens is 1. The number of amides is 1. The topological polar surface area (TPSA) is 48.5 Å². The van der Waals surface area contributed by atoms with E-state index in [4.69, 9.17) is 0 Å². The third-order valence-electron chi connectivity index (χ3n) is 5.38. The van der Waals surface area contributed by atoms with Gasteiger partial charge in [0.1, 0.15) is 11.6 Å². The highest BCUT2D eigenvalue weighted by atomic mass is 19.1. The predicted molar refractivity (Wildman–Crippen MR) is 110 cm³/mol. The van der Waals surface area contributed by atoms with Crippen molar-refractivity contribution in [2.24, 2.45) is 5.92 Å². The van der Waals surface area contributed by atoms with Crippen LogP contribution in [0.15, 0.2) is 42.6 Å². The Balaban J connectivity index is 1.78. The van der Waals surface area contributed by atoms with Gasteiger partial charge in [0.05, 0.1) is 5.56 Å². The third kappa shape index (κ3) is 4.68. The van der Waals surface area contributed by atoms with Crippen LogP contribution in [0.3, 0.4) is 0 Å². The number of rotatable bonds is 5. The van der Waals surface area contributed by atoms with Gasteiger partial charge in [-0.1, -0.05) is 26.0 Å². The monoisotopic (exact) mass is 384 g/mol. The SMILES string of the molecule is CNc1ncccc1C(=O)N1CCCN(Cc2ccc(F)cc2)C(C(C)C)C1. The van der Waals surface area contributed by atoms with Crippen LogP contribution in [0.1, 0.15) is 36.2 Å². The molecule has 0 aliphatic carbocycles. The highest BCUT2D eigenvalue weighted by molar-refractivity contribution is 5.98. The number of nitrogens with zero attached hydrogens (tertiary/aromatic N) is 3. The molecule has 0 spiro atoms. The van der Waals surface area contributed by atoms with E-state index in [9.17, 15) is 9.18 Å². The fourth-order valence-electron chi connectivity index (χ4n) is 3.85. The molecular formula is C22H29FN4O. The van der Waals surface area contributed by atoms with E-state index in [1.807, 2.05) is 23.1 Å². The first-order valence-electron chi connectivity index (χ1n) is 9.90. The molecular weight excluding hydrogens is 355 g/mol. The van der Waals surface area contributed by atoms with Crippen LogP contribution in [0.5, 0.6) is 0 Å². The normalized spacial score (nSPS) is 18.2. The molecule has 6 heteroatoms. The first-order chi connectivity index (χ1) is 13.5. The fraction of sp³-hybridized carbons (Fsp3) is 0.455. The maximum absolute atomic E-state index is 13.2. The molecule has 0 bridgehead atoms. The Labute approximate surface area is 166 Å². The molecule has 5 nitrogen and oxygen atoms in total. The molecule has 1 aliphatic rings. The highest BCUT2D eigenvalue weighted by Crippen LogP contribution is 2.22. The summed E-state index contributed by atoms with van der Waals surface area (Å²) in [5, 5.41) is 3.01. The first-order valence-corrected chi connectivity index (χ1v) is 9.90. The average Bonchev–Trinajstić information content (AvgIpc) is 2.92. The summed E-state index contributed by atoms with van der Waals surface area (Å²) in [6.45, 7) is 7.46. The van der Waals surface area contributed by atoms with Gasteiger partial charge in [0.25, 0.3) is 5.91 Å². The highest BCUT2D eigenvalue weighted by Gasteiger charge is 2.30. The number of benzene rings is 1. The predicted octanol–water partition coefficient (Wildman–Crippen LogP) is 3.64. The summed E-state index contributed by atoms with van der Waals surface area (Å²) >= 11 is 0. The molecule has 28 heavy (non-hydrogen) atoms. The molecule has 150 valence electrons. The number of hydrogen-bond acceptors (Lipinski definition) is 4. The molecule has 3 rings (SSSR count). The average molecular weight is 384 g/mol. The molecule has 1 fully saturated rings. The van der Waals surface area contributed by atoms with Gasteiger partial charge in [-0.05, 0) is 42.2 Å². The van der Waals surface area contributed by atoms with Crippen molar-refractivity contribution in [3.05, 3.63) is 59.5 Å². The summed E-state index contributed by atoms with van der Waals surface area (Å²) < 4.78 is 13.2. The second kappa shape index (κ2) is 9.15. The summed E-state index contributed by atoms with van der Waals surface area (Å²) in [7, 11) is 1.78. The Morgan fingerprint density at radius 2 is 2.00 bits per heavy atom. The van der Waals surface area contributed by atoms with E-state index in [1.54, 1.807) is 19.3 Å². The maximum atomic E-state index is 13.2. The van der Waals surface area contributed by atoms with E-state index in [-0.39, 0.29) is 17.8 Å². The number of carbonyl (C=O) groups is 1. The molecule has 1 N–H and O–H groups in total. The maximum Gasteiger partial charge on any atom is 0.257 e. The van der Waals surface area contributed by atoms with Crippen LogP contribution in [-0.2, 0) is 6.54 Å². The minimum Gasteiger partial charge on any atom is -0.372 e. The Bertz CT molecular complexity index is 793. The molecule has 1 atom stereocenters. The molecule has 1 aliphatic heterocycles. The second-order valence-corrected chi connectivity index (χ2v) is 7.66. The van der Waals surface area contributed by atoms with Crippen molar-refractivity contribution in [3.63, 3.8) is 0 Å². The zero-order chi connectivity index (χ0) is 20.1. The van der Waals surface area contributed by atoms with Crippen LogP contribution < -0.4 is 5.32 Å². The number of nitrogens with one attached hydrogen (secondary N) is 1. The van der Waals surface area contributed by atoms with E-state index >= 15 is 0 Å². The summed E-state index contributed by atoms with van der Waals surface area (Å²) in [6, 6.07) is 10.6. The lowest BCUT2D eigenvalue weighted by Gasteiger charge is -2.34. The minimum atomic E-state index is -0.214. The molecule has 1 amide bonds. The van der Waals surface area contributed by atoms with Gasteiger partial charge in [-0.3, -0.25) is 9.69 Å². The van der Waals surface area contributed by atoms with Gasteiger partial charge in [0.15, 0.2) is 0 Å². The molecule has 1 unspecified atom stereocenters. The van der Waals surface area contributed by atoms with Crippen molar-refractivity contribution >= 4 is 11.7 Å². The Morgan fingerprint density at radius 1 is 1.25 bits per heavy atom. The standard InChI is InChI=1S/C22H29FN4O/c1-16(2)20-15-27(22(28)19-6-4-11-25-21(19)24-3)13-5-12-26(20)14-17-7-9-18(23)10-8-17/h4,6-11,16,20H,5,12-15H2,1-3H3,(H,24,25). The van der Waals surface area contributed by atoms with E-state index in [2.05, 4.69) is 29.0 Å². The van der Waals surface area contributed by atoms with Gasteiger partial charge in [-0.15, -0.1) is 0 Å². The van der Waals surface area contributed by atoms with Gasteiger partial charge in [0, 0.05) is 45.5 Å². The molecule has 2 aromatic rings. The summed E-state index contributed by atoms with van der Waals surface area (Å²) in [4.78, 5) is 21.8. The lowest BCUT2D eigenvalue weighted by molar-refractivity contribution is 0.0703. The van der Waals surface area contributed by atoms with Crippen molar-refractivity contribution in [1.82, 2.24) is 14.8 Å². The number of anilines is 1. The number of pyridine rings is 1. The number of aromatic nitrogens is 1. The number of carbonyl (C=O) groups excluding carboxylic acids is 1.